The zero-order valence-corrected chi connectivity index (χ0v) is 22.3. The first kappa shape index (κ1) is 24.9. The van der Waals surface area contributed by atoms with E-state index in [1.165, 1.54) is 5.57 Å². The molecule has 3 heteroatoms. The molecule has 184 valence electrons. The van der Waals surface area contributed by atoms with E-state index in [0.717, 1.165) is 44.1 Å². The number of aliphatic hydroxyl groups is 1. The molecule has 4 aliphatic rings. The molecule has 33 heavy (non-hydrogen) atoms. The van der Waals surface area contributed by atoms with Gasteiger partial charge in [-0.15, -0.1) is 0 Å². The van der Waals surface area contributed by atoms with Gasteiger partial charge in [0, 0.05) is 17.8 Å². The number of carbonyl (C=O) groups is 2. The van der Waals surface area contributed by atoms with Crippen molar-refractivity contribution in [2.24, 2.45) is 45.3 Å². The molecule has 8 atom stereocenters. The molecule has 0 spiro atoms. The standard InChI is InChI=1S/C30H46O3/c1-18(2)15-20(31)16-19(3)21-11-12-30(8)26-24(32)17-23-22(9-10-25(33)27(23,4)5)28(26,6)13-14-29(21,30)7/h15,17,19,21-22,25-26,33H,9-14,16H2,1-8H3/t19-,21-,22-,25+,26-,28+,29-,30+/m1/s1. The van der Waals surface area contributed by atoms with Crippen LogP contribution in [0.5, 0.6) is 0 Å². The van der Waals surface area contributed by atoms with Crippen molar-refractivity contribution in [3.05, 3.63) is 23.3 Å². The van der Waals surface area contributed by atoms with Gasteiger partial charge in [-0.1, -0.05) is 52.7 Å². The largest absolute Gasteiger partial charge is 0.392 e. The minimum atomic E-state index is -0.368. The van der Waals surface area contributed by atoms with E-state index in [0.29, 0.717) is 30.0 Å². The maximum absolute atomic E-state index is 13.9. The van der Waals surface area contributed by atoms with Crippen molar-refractivity contribution in [3.63, 3.8) is 0 Å². The van der Waals surface area contributed by atoms with Crippen LogP contribution >= 0.6 is 0 Å². The summed E-state index contributed by atoms with van der Waals surface area (Å²) in [6.07, 6.45) is 10.2. The second-order valence-corrected chi connectivity index (χ2v) is 13.7. The number of ketones is 2. The molecule has 4 aliphatic carbocycles. The third kappa shape index (κ3) is 3.46. The Bertz CT molecular complexity index is 906. The lowest BCUT2D eigenvalue weighted by molar-refractivity contribution is -0.164. The lowest BCUT2D eigenvalue weighted by Crippen LogP contribution is -2.61. The quantitative estimate of drug-likeness (QED) is 0.481. The molecule has 3 nitrogen and oxygen atoms in total. The molecule has 3 saturated carbocycles. The Kier molecular flexibility index (Phi) is 5.96. The van der Waals surface area contributed by atoms with E-state index in [2.05, 4.69) is 41.5 Å². The van der Waals surface area contributed by atoms with E-state index >= 15 is 0 Å². The number of fused-ring (bicyclic) bond motifs is 5. The molecule has 0 heterocycles. The SMILES string of the molecule is CC(C)=CC(=O)C[C@@H](C)[C@H]1CC[C@@]2(C)[C@@H]3C(=O)C=C4[C@@H](CC[C@H](O)C4(C)C)[C@]3(C)CC[C@]12C. The van der Waals surface area contributed by atoms with Crippen molar-refractivity contribution in [1.82, 2.24) is 0 Å². The van der Waals surface area contributed by atoms with Gasteiger partial charge in [0.05, 0.1) is 6.10 Å². The van der Waals surface area contributed by atoms with Crippen LogP contribution in [0, 0.1) is 45.3 Å². The third-order valence-corrected chi connectivity index (χ3v) is 11.3. The van der Waals surface area contributed by atoms with Crippen molar-refractivity contribution < 1.29 is 14.7 Å². The van der Waals surface area contributed by atoms with Gasteiger partial charge in [0.2, 0.25) is 0 Å². The highest BCUT2D eigenvalue weighted by atomic mass is 16.3. The van der Waals surface area contributed by atoms with E-state index in [1.807, 2.05) is 19.9 Å². The van der Waals surface area contributed by atoms with Crippen LogP contribution in [0.15, 0.2) is 23.3 Å². The lowest BCUT2D eigenvalue weighted by Gasteiger charge is -2.65. The van der Waals surface area contributed by atoms with Crippen molar-refractivity contribution in [2.75, 3.05) is 0 Å². The summed E-state index contributed by atoms with van der Waals surface area (Å²) in [5.74, 6) is 1.77. The fourth-order valence-corrected chi connectivity index (χ4v) is 9.29. The molecule has 0 saturated heterocycles. The molecule has 0 aromatic rings. The molecule has 0 aromatic heterocycles. The fraction of sp³-hybridized carbons (Fsp3) is 0.800. The summed E-state index contributed by atoms with van der Waals surface area (Å²) >= 11 is 0. The second kappa shape index (κ2) is 7.90. The van der Waals surface area contributed by atoms with E-state index in [4.69, 9.17) is 0 Å². The molecule has 0 radical (unpaired) electrons. The Morgan fingerprint density at radius 1 is 1.06 bits per heavy atom. The number of aliphatic hydroxyl groups excluding tert-OH is 1. The topological polar surface area (TPSA) is 54.4 Å². The normalized spacial score (nSPS) is 44.8. The number of hydrogen-bond acceptors (Lipinski definition) is 3. The Balaban J connectivity index is 1.69. The van der Waals surface area contributed by atoms with Crippen molar-refractivity contribution in [1.29, 1.82) is 0 Å². The van der Waals surface area contributed by atoms with Crippen LogP contribution in [0.1, 0.15) is 100 Å². The maximum Gasteiger partial charge on any atom is 0.159 e. The van der Waals surface area contributed by atoms with Crippen LogP contribution in [-0.4, -0.2) is 22.8 Å². The number of hydrogen-bond donors (Lipinski definition) is 1. The Morgan fingerprint density at radius 3 is 2.36 bits per heavy atom. The first-order valence-corrected chi connectivity index (χ1v) is 13.3. The monoisotopic (exact) mass is 454 g/mol. The van der Waals surface area contributed by atoms with Crippen LogP contribution in [-0.2, 0) is 9.59 Å². The summed E-state index contributed by atoms with van der Waals surface area (Å²) in [7, 11) is 0. The molecule has 0 aromatic carbocycles. The predicted octanol–water partition coefficient (Wildman–Crippen LogP) is 6.69. The van der Waals surface area contributed by atoms with Crippen molar-refractivity contribution in [2.45, 2.75) is 106 Å². The minimum absolute atomic E-state index is 0.0363. The highest BCUT2D eigenvalue weighted by molar-refractivity contribution is 5.95. The Morgan fingerprint density at radius 2 is 1.73 bits per heavy atom. The van der Waals surface area contributed by atoms with Gasteiger partial charge < -0.3 is 5.11 Å². The molecule has 4 rings (SSSR count). The predicted molar refractivity (Wildman–Crippen MR) is 134 cm³/mol. The smallest absolute Gasteiger partial charge is 0.159 e. The van der Waals surface area contributed by atoms with Crippen molar-refractivity contribution in [3.8, 4) is 0 Å². The highest BCUT2D eigenvalue weighted by Gasteiger charge is 2.69. The van der Waals surface area contributed by atoms with Crippen LogP contribution < -0.4 is 0 Å². The second-order valence-electron chi connectivity index (χ2n) is 13.7. The number of allylic oxidation sites excluding steroid dienone is 3. The summed E-state index contributed by atoms with van der Waals surface area (Å²) in [4.78, 5) is 26.5. The Hall–Kier alpha value is -1.22. The maximum atomic E-state index is 13.9. The van der Waals surface area contributed by atoms with E-state index in [9.17, 15) is 14.7 Å². The summed E-state index contributed by atoms with van der Waals surface area (Å²) in [6.45, 7) is 17.7. The van der Waals surface area contributed by atoms with Crippen molar-refractivity contribution >= 4 is 11.6 Å². The lowest BCUT2D eigenvalue weighted by atomic mass is 9.39. The van der Waals surface area contributed by atoms with Crippen LogP contribution in [0.4, 0.5) is 0 Å². The van der Waals surface area contributed by atoms with Crippen LogP contribution in [0.2, 0.25) is 0 Å². The Labute approximate surface area is 201 Å². The summed E-state index contributed by atoms with van der Waals surface area (Å²) < 4.78 is 0. The molecule has 0 amide bonds. The first-order valence-electron chi connectivity index (χ1n) is 13.3. The molecule has 3 fully saturated rings. The van der Waals surface area contributed by atoms with E-state index in [1.54, 1.807) is 6.08 Å². The average Bonchev–Trinajstić information content (AvgIpc) is 2.96. The molecule has 0 bridgehead atoms. The van der Waals surface area contributed by atoms with Gasteiger partial charge in [0.15, 0.2) is 11.6 Å². The van der Waals surface area contributed by atoms with Gasteiger partial charge in [-0.2, -0.15) is 0 Å². The van der Waals surface area contributed by atoms with Crippen LogP contribution in [0.25, 0.3) is 0 Å². The highest BCUT2D eigenvalue weighted by Crippen LogP contribution is 2.74. The zero-order valence-electron chi connectivity index (χ0n) is 22.3. The van der Waals surface area contributed by atoms with Gasteiger partial charge in [-0.25, -0.2) is 0 Å². The summed E-state index contributed by atoms with van der Waals surface area (Å²) in [6, 6.07) is 0. The fourth-order valence-electron chi connectivity index (χ4n) is 9.29. The molecule has 1 N–H and O–H groups in total. The molecular formula is C30H46O3. The minimum Gasteiger partial charge on any atom is -0.392 e. The summed E-state index contributed by atoms with van der Waals surface area (Å²) in [5.41, 5.74) is 1.94. The average molecular weight is 455 g/mol. The van der Waals surface area contributed by atoms with Gasteiger partial charge in [0.1, 0.15) is 0 Å². The van der Waals surface area contributed by atoms with Gasteiger partial charge >= 0.3 is 0 Å². The van der Waals surface area contributed by atoms with E-state index in [-0.39, 0.29) is 39.5 Å². The zero-order chi connectivity index (χ0) is 24.6. The first-order chi connectivity index (χ1) is 15.2. The van der Waals surface area contributed by atoms with Gasteiger partial charge in [-0.05, 0) is 98.5 Å². The van der Waals surface area contributed by atoms with Gasteiger partial charge in [-0.3, -0.25) is 9.59 Å². The van der Waals surface area contributed by atoms with Gasteiger partial charge in [0.25, 0.3) is 0 Å². The molecular weight excluding hydrogens is 408 g/mol. The summed E-state index contributed by atoms with van der Waals surface area (Å²) in [5, 5.41) is 10.7. The molecule has 0 aliphatic heterocycles. The molecule has 0 unspecified atom stereocenters. The van der Waals surface area contributed by atoms with Crippen LogP contribution in [0.3, 0.4) is 0 Å². The third-order valence-electron chi connectivity index (χ3n) is 11.3. The number of carbonyl (C=O) groups excluding carboxylic acids is 2. The van der Waals surface area contributed by atoms with E-state index < -0.39 is 0 Å². The number of rotatable bonds is 4.